The van der Waals surface area contributed by atoms with Crippen LogP contribution in [0.15, 0.2) is 59.7 Å². The largest absolute Gasteiger partial charge is 0.487 e. The highest BCUT2D eigenvalue weighted by atomic mass is 16.5. The van der Waals surface area contributed by atoms with E-state index in [4.69, 9.17) is 4.74 Å². The fourth-order valence-electron chi connectivity index (χ4n) is 4.59. The number of pyridine rings is 2. The Morgan fingerprint density at radius 1 is 1.09 bits per heavy atom. The Morgan fingerprint density at radius 2 is 1.97 bits per heavy atom. The van der Waals surface area contributed by atoms with E-state index >= 15 is 0 Å². The third-order valence-corrected chi connectivity index (χ3v) is 6.21. The zero-order chi connectivity index (χ0) is 22.1. The summed E-state index contributed by atoms with van der Waals surface area (Å²) < 4.78 is 9.87. The summed E-state index contributed by atoms with van der Waals surface area (Å²) in [7, 11) is 0. The smallest absolute Gasteiger partial charge is 0.258 e. The number of aryl methyl sites for hydroxylation is 2. The van der Waals surface area contributed by atoms with Crippen molar-refractivity contribution in [2.45, 2.75) is 39.8 Å². The lowest BCUT2D eigenvalue weighted by Gasteiger charge is -2.11. The summed E-state index contributed by atoms with van der Waals surface area (Å²) in [6, 6.07) is 13.7. The molecule has 1 aliphatic heterocycles. The van der Waals surface area contributed by atoms with Crippen LogP contribution in [0.3, 0.4) is 0 Å². The summed E-state index contributed by atoms with van der Waals surface area (Å²) in [6.07, 6.45) is 5.68. The van der Waals surface area contributed by atoms with Crippen molar-refractivity contribution in [1.82, 2.24) is 19.4 Å². The van der Waals surface area contributed by atoms with Gasteiger partial charge in [0.05, 0.1) is 16.9 Å². The average molecular weight is 429 g/mol. The van der Waals surface area contributed by atoms with E-state index in [1.54, 1.807) is 10.8 Å². The van der Waals surface area contributed by atoms with E-state index in [0.29, 0.717) is 12.4 Å². The third-order valence-electron chi connectivity index (χ3n) is 6.21. The average Bonchev–Trinajstić information content (AvgIpc) is 2.93. The first-order valence-electron chi connectivity index (χ1n) is 11.3. The van der Waals surface area contributed by atoms with Gasteiger partial charge in [0, 0.05) is 49.1 Å². The van der Waals surface area contributed by atoms with E-state index in [1.807, 2.05) is 37.4 Å². The maximum Gasteiger partial charge on any atom is 0.258 e. The van der Waals surface area contributed by atoms with E-state index in [9.17, 15) is 4.79 Å². The van der Waals surface area contributed by atoms with Gasteiger partial charge in [-0.15, -0.1) is 0 Å². The minimum absolute atomic E-state index is 0.112. The second-order valence-electron chi connectivity index (χ2n) is 8.31. The molecule has 0 amide bonds. The Balaban J connectivity index is 1.44. The van der Waals surface area contributed by atoms with Crippen molar-refractivity contribution < 1.29 is 4.74 Å². The fraction of sp³-hybridized carbons (Fsp3) is 0.308. The Hall–Kier alpha value is -3.38. The number of fused-ring (bicyclic) bond motifs is 3. The lowest BCUT2D eigenvalue weighted by Crippen LogP contribution is -2.17. The highest BCUT2D eigenvalue weighted by Gasteiger charge is 2.18. The fourth-order valence-corrected chi connectivity index (χ4v) is 4.59. The lowest BCUT2D eigenvalue weighted by molar-refractivity contribution is 0.300. The van der Waals surface area contributed by atoms with Crippen LogP contribution in [0.25, 0.3) is 16.6 Å². The number of aromatic nitrogens is 3. The van der Waals surface area contributed by atoms with Gasteiger partial charge in [-0.2, -0.15) is 0 Å². The van der Waals surface area contributed by atoms with Gasteiger partial charge in [-0.05, 0) is 62.2 Å². The van der Waals surface area contributed by atoms with Crippen molar-refractivity contribution in [2.24, 2.45) is 0 Å². The molecular weight excluding hydrogens is 400 g/mol. The van der Waals surface area contributed by atoms with Crippen molar-refractivity contribution in [3.05, 3.63) is 87.7 Å². The van der Waals surface area contributed by atoms with E-state index in [2.05, 4.69) is 33.9 Å². The van der Waals surface area contributed by atoms with Crippen LogP contribution >= 0.6 is 0 Å². The molecule has 32 heavy (non-hydrogen) atoms. The highest BCUT2D eigenvalue weighted by Crippen LogP contribution is 2.30. The van der Waals surface area contributed by atoms with Crippen molar-refractivity contribution in [3.8, 4) is 11.4 Å². The predicted molar refractivity (Wildman–Crippen MR) is 127 cm³/mol. The second kappa shape index (κ2) is 8.63. The number of hydrogen-bond acceptors (Lipinski definition) is 4. The van der Waals surface area contributed by atoms with Crippen LogP contribution in [-0.2, 0) is 26.0 Å². The van der Waals surface area contributed by atoms with Gasteiger partial charge in [0.1, 0.15) is 12.4 Å². The number of rotatable bonds is 5. The first kappa shape index (κ1) is 20.5. The summed E-state index contributed by atoms with van der Waals surface area (Å²) in [6.45, 7) is 7.46. The molecular formula is C26H28N4O2. The molecule has 0 atom stereocenters. The maximum absolute atomic E-state index is 12.9. The van der Waals surface area contributed by atoms with Gasteiger partial charge in [0.25, 0.3) is 5.56 Å². The molecule has 5 rings (SSSR count). The second-order valence-corrected chi connectivity index (χ2v) is 8.31. The van der Waals surface area contributed by atoms with E-state index in [0.717, 1.165) is 49.4 Å². The minimum atomic E-state index is -0.112. The lowest BCUT2D eigenvalue weighted by atomic mass is 10.1. The number of nitrogens with zero attached hydrogens (tertiary/aromatic N) is 3. The van der Waals surface area contributed by atoms with Crippen molar-refractivity contribution in [2.75, 3.05) is 13.1 Å². The molecule has 6 heteroatoms. The first-order valence-corrected chi connectivity index (χ1v) is 11.3. The molecule has 6 nitrogen and oxygen atoms in total. The van der Waals surface area contributed by atoms with Crippen LogP contribution in [0.5, 0.6) is 5.75 Å². The molecule has 0 aliphatic carbocycles. The zero-order valence-corrected chi connectivity index (χ0v) is 18.6. The summed E-state index contributed by atoms with van der Waals surface area (Å²) in [4.78, 5) is 17.2. The zero-order valence-electron chi connectivity index (χ0n) is 18.6. The van der Waals surface area contributed by atoms with Gasteiger partial charge in [0.15, 0.2) is 0 Å². The quantitative estimate of drug-likeness (QED) is 0.526. The monoisotopic (exact) mass is 428 g/mol. The van der Waals surface area contributed by atoms with Crippen LogP contribution in [0.1, 0.15) is 29.4 Å². The Morgan fingerprint density at radius 3 is 2.75 bits per heavy atom. The molecule has 0 bridgehead atoms. The van der Waals surface area contributed by atoms with Gasteiger partial charge in [0.2, 0.25) is 0 Å². The van der Waals surface area contributed by atoms with Gasteiger partial charge in [-0.1, -0.05) is 12.1 Å². The van der Waals surface area contributed by atoms with Crippen molar-refractivity contribution in [1.29, 1.82) is 0 Å². The normalized spacial score (nSPS) is 13.7. The first-order chi connectivity index (χ1) is 15.6. The maximum atomic E-state index is 12.9. The molecule has 0 fully saturated rings. The molecule has 164 valence electrons. The summed E-state index contributed by atoms with van der Waals surface area (Å²) >= 11 is 0. The summed E-state index contributed by atoms with van der Waals surface area (Å²) in [5, 5.41) is 4.79. The van der Waals surface area contributed by atoms with Crippen LogP contribution in [0, 0.1) is 6.92 Å². The van der Waals surface area contributed by atoms with Gasteiger partial charge >= 0.3 is 0 Å². The van der Waals surface area contributed by atoms with Crippen molar-refractivity contribution >= 4 is 10.9 Å². The van der Waals surface area contributed by atoms with Crippen LogP contribution in [0.4, 0.5) is 0 Å². The third kappa shape index (κ3) is 3.82. The Kier molecular flexibility index (Phi) is 5.53. The molecule has 1 aliphatic rings. The van der Waals surface area contributed by atoms with E-state index < -0.39 is 0 Å². The SMILES string of the molecule is CCn1c2c(c3ccc(-n4ccc(OCc5ccc(C)cn5)cc4=O)cc31)CCNCC2. The molecule has 0 spiro atoms. The molecule has 4 heterocycles. The highest BCUT2D eigenvalue weighted by molar-refractivity contribution is 5.87. The molecule has 0 radical (unpaired) electrons. The molecule has 3 aromatic heterocycles. The number of hydrogen-bond donors (Lipinski definition) is 1. The molecule has 1 N–H and O–H groups in total. The van der Waals surface area contributed by atoms with Crippen molar-refractivity contribution in [3.63, 3.8) is 0 Å². The minimum Gasteiger partial charge on any atom is -0.487 e. The summed E-state index contributed by atoms with van der Waals surface area (Å²) in [5.41, 5.74) is 6.77. The number of ether oxygens (including phenoxy) is 1. The molecule has 0 saturated carbocycles. The Labute approximate surface area is 187 Å². The van der Waals surface area contributed by atoms with Gasteiger partial charge in [-0.25, -0.2) is 0 Å². The van der Waals surface area contributed by atoms with Crippen LogP contribution < -0.4 is 15.6 Å². The number of nitrogens with one attached hydrogen (secondary N) is 1. The van der Waals surface area contributed by atoms with E-state index in [-0.39, 0.29) is 5.56 Å². The standard InChI is InChI=1S/C26H28N4O2/c1-3-29-24-9-12-27-11-8-23(24)22-7-6-20(14-25(22)29)30-13-10-21(15-26(30)31)32-17-19-5-4-18(2)16-28-19/h4-7,10,13-16,27H,3,8-9,11-12,17H2,1-2H3. The Bertz CT molecular complexity index is 1320. The number of benzene rings is 1. The van der Waals surface area contributed by atoms with Crippen LogP contribution in [0.2, 0.25) is 0 Å². The molecule has 0 saturated heterocycles. The van der Waals surface area contributed by atoms with Gasteiger partial charge < -0.3 is 14.6 Å². The van der Waals surface area contributed by atoms with Crippen LogP contribution in [-0.4, -0.2) is 27.2 Å². The topological polar surface area (TPSA) is 61.1 Å². The molecule has 4 aromatic rings. The van der Waals surface area contributed by atoms with E-state index in [1.165, 1.54) is 28.2 Å². The predicted octanol–water partition coefficient (Wildman–Crippen LogP) is 3.78. The summed E-state index contributed by atoms with van der Waals surface area (Å²) in [5.74, 6) is 0.547. The molecule has 1 aromatic carbocycles. The molecule has 0 unspecified atom stereocenters. The van der Waals surface area contributed by atoms with Gasteiger partial charge in [-0.3, -0.25) is 14.3 Å².